The summed E-state index contributed by atoms with van der Waals surface area (Å²) in [7, 11) is 5.02. The highest BCUT2D eigenvalue weighted by Crippen LogP contribution is 2.47. The molecule has 25 heavy (non-hydrogen) atoms. The molecule has 2 bridgehead atoms. The van der Waals surface area contributed by atoms with Crippen LogP contribution in [0.4, 0.5) is 0 Å². The Bertz CT molecular complexity index is 647. The lowest BCUT2D eigenvalue weighted by Crippen LogP contribution is -2.53. The lowest BCUT2D eigenvalue weighted by atomic mass is 9.76. The molecule has 1 amide bonds. The van der Waals surface area contributed by atoms with Crippen LogP contribution in [0.3, 0.4) is 0 Å². The second-order valence-electron chi connectivity index (χ2n) is 7.20. The molecule has 6 heteroatoms. The quantitative estimate of drug-likeness (QED) is 0.516. The number of hydrogen-bond donors (Lipinski definition) is 0. The number of amides is 1. The molecule has 5 nitrogen and oxygen atoms in total. The first-order valence-corrected chi connectivity index (χ1v) is 9.79. The molecule has 0 radical (unpaired) electrons. The molecule has 1 aromatic rings. The molecule has 0 spiro atoms. The van der Waals surface area contributed by atoms with Crippen LogP contribution in [0.25, 0.3) is 0 Å². The van der Waals surface area contributed by atoms with Gasteiger partial charge in [-0.05, 0) is 59.5 Å². The zero-order chi connectivity index (χ0) is 18.1. The number of halogens is 1. The van der Waals surface area contributed by atoms with Gasteiger partial charge in [0, 0.05) is 35.7 Å². The monoisotopic (exact) mass is 456 g/mol. The Kier molecular flexibility index (Phi) is 5.68. The van der Waals surface area contributed by atoms with E-state index in [0.717, 1.165) is 19.3 Å². The minimum atomic E-state index is -0.209. The van der Waals surface area contributed by atoms with Gasteiger partial charge in [0.1, 0.15) is 0 Å². The van der Waals surface area contributed by atoms with Gasteiger partial charge in [-0.15, -0.1) is 0 Å². The van der Waals surface area contributed by atoms with Crippen LogP contribution in [0, 0.1) is 9.49 Å². The molecule has 0 aromatic heterocycles. The summed E-state index contributed by atoms with van der Waals surface area (Å²) in [5.74, 6) is -0.115. The molecule has 4 atom stereocenters. The zero-order valence-electron chi connectivity index (χ0n) is 14.9. The molecule has 136 valence electrons. The Morgan fingerprint density at radius 3 is 2.52 bits per heavy atom. The van der Waals surface area contributed by atoms with Gasteiger partial charge in [0.05, 0.1) is 19.6 Å². The van der Waals surface area contributed by atoms with Crippen molar-refractivity contribution in [3.05, 3.63) is 33.4 Å². The number of rotatable bonds is 4. The third-order valence-corrected chi connectivity index (χ3v) is 6.37. The van der Waals surface area contributed by atoms with Crippen LogP contribution in [-0.2, 0) is 14.3 Å². The van der Waals surface area contributed by atoms with E-state index in [1.54, 1.807) is 19.0 Å². The number of methoxy groups -OCH3 is 1. The number of fused-ring (bicyclic) bond motifs is 2. The van der Waals surface area contributed by atoms with Crippen LogP contribution in [0.2, 0.25) is 0 Å². The Hall–Kier alpha value is -1.15. The van der Waals surface area contributed by atoms with Crippen molar-refractivity contribution in [3.63, 3.8) is 0 Å². The standard InChI is InChI=1S/C19H25IN2O3/c1-21(2)17(23)11-22-14-8-9-16(22)18(19(24)25-3)15(10-14)12-4-6-13(20)7-5-12/h4-7,14-16,18H,8-11H2,1-3H3/t14-,15+,16+,18-/m0/s1. The molecule has 1 aromatic carbocycles. The van der Waals surface area contributed by atoms with E-state index in [2.05, 4.69) is 51.8 Å². The second-order valence-corrected chi connectivity index (χ2v) is 8.45. The molecule has 2 aliphatic rings. The van der Waals surface area contributed by atoms with E-state index < -0.39 is 0 Å². The van der Waals surface area contributed by atoms with E-state index in [-0.39, 0.29) is 29.8 Å². The molecule has 0 N–H and O–H groups in total. The van der Waals surface area contributed by atoms with Crippen molar-refractivity contribution < 1.29 is 14.3 Å². The van der Waals surface area contributed by atoms with Crippen LogP contribution in [0.15, 0.2) is 24.3 Å². The largest absolute Gasteiger partial charge is 0.469 e. The molecular weight excluding hydrogens is 431 g/mol. The Morgan fingerprint density at radius 2 is 1.92 bits per heavy atom. The fraction of sp³-hybridized carbons (Fsp3) is 0.579. The first-order chi connectivity index (χ1) is 11.9. The van der Waals surface area contributed by atoms with Gasteiger partial charge in [0.25, 0.3) is 0 Å². The molecule has 0 saturated carbocycles. The van der Waals surface area contributed by atoms with Crippen molar-refractivity contribution in [2.24, 2.45) is 5.92 Å². The Balaban J connectivity index is 1.89. The fourth-order valence-electron chi connectivity index (χ4n) is 4.37. The summed E-state index contributed by atoms with van der Waals surface area (Å²) < 4.78 is 6.34. The van der Waals surface area contributed by atoms with Crippen molar-refractivity contribution in [2.75, 3.05) is 27.7 Å². The summed E-state index contributed by atoms with van der Waals surface area (Å²) in [4.78, 5) is 28.7. The molecule has 0 aliphatic carbocycles. The fourth-order valence-corrected chi connectivity index (χ4v) is 4.73. The highest BCUT2D eigenvalue weighted by molar-refractivity contribution is 14.1. The summed E-state index contributed by atoms with van der Waals surface area (Å²) in [6, 6.07) is 8.88. The molecular formula is C19H25IN2O3. The molecule has 2 heterocycles. The lowest BCUT2D eigenvalue weighted by molar-refractivity contribution is -0.152. The number of nitrogens with zero attached hydrogens (tertiary/aromatic N) is 2. The third kappa shape index (κ3) is 3.69. The smallest absolute Gasteiger partial charge is 0.310 e. The van der Waals surface area contributed by atoms with Gasteiger partial charge in [-0.3, -0.25) is 14.5 Å². The summed E-state index contributed by atoms with van der Waals surface area (Å²) in [5, 5.41) is 0. The SMILES string of the molecule is COC(=O)[C@H]1[C@@H](c2ccc(I)cc2)C[C@@H]2CC[C@H]1N2CC(=O)N(C)C. The first-order valence-electron chi connectivity index (χ1n) is 8.71. The molecule has 2 saturated heterocycles. The number of carbonyl (C=O) groups is 2. The topological polar surface area (TPSA) is 49.9 Å². The van der Waals surface area contributed by atoms with Crippen LogP contribution in [-0.4, -0.2) is 61.5 Å². The van der Waals surface area contributed by atoms with Crippen molar-refractivity contribution in [1.29, 1.82) is 0 Å². The van der Waals surface area contributed by atoms with Gasteiger partial charge in [-0.2, -0.15) is 0 Å². The summed E-state index contributed by atoms with van der Waals surface area (Å²) in [5.41, 5.74) is 1.20. The lowest BCUT2D eigenvalue weighted by Gasteiger charge is -2.43. The van der Waals surface area contributed by atoms with Crippen LogP contribution < -0.4 is 0 Å². The first kappa shape index (κ1) is 18.6. The van der Waals surface area contributed by atoms with Crippen molar-refractivity contribution >= 4 is 34.5 Å². The number of likely N-dealkylation sites (N-methyl/N-ethyl adjacent to an activating group) is 1. The number of hydrogen-bond acceptors (Lipinski definition) is 4. The van der Waals surface area contributed by atoms with Gasteiger partial charge >= 0.3 is 5.97 Å². The van der Waals surface area contributed by atoms with Gasteiger partial charge in [0.15, 0.2) is 0 Å². The maximum atomic E-state index is 12.6. The van der Waals surface area contributed by atoms with E-state index in [9.17, 15) is 9.59 Å². The van der Waals surface area contributed by atoms with Gasteiger partial charge in [-0.25, -0.2) is 0 Å². The molecule has 2 fully saturated rings. The summed E-state index contributed by atoms with van der Waals surface area (Å²) in [6.45, 7) is 0.384. The van der Waals surface area contributed by atoms with Crippen LogP contribution in [0.1, 0.15) is 30.7 Å². The highest BCUT2D eigenvalue weighted by Gasteiger charge is 2.51. The average Bonchev–Trinajstić information content (AvgIpc) is 2.86. The van der Waals surface area contributed by atoms with Gasteiger partial charge < -0.3 is 9.64 Å². The van der Waals surface area contributed by atoms with Crippen LogP contribution in [0.5, 0.6) is 0 Å². The van der Waals surface area contributed by atoms with E-state index >= 15 is 0 Å². The van der Waals surface area contributed by atoms with E-state index in [0.29, 0.717) is 12.6 Å². The van der Waals surface area contributed by atoms with Gasteiger partial charge in [-0.1, -0.05) is 12.1 Å². The normalized spacial score (nSPS) is 28.6. The maximum absolute atomic E-state index is 12.6. The Labute approximate surface area is 162 Å². The Morgan fingerprint density at radius 1 is 1.24 bits per heavy atom. The van der Waals surface area contributed by atoms with Crippen molar-refractivity contribution in [1.82, 2.24) is 9.80 Å². The molecule has 0 unspecified atom stereocenters. The molecule has 2 aliphatic heterocycles. The third-order valence-electron chi connectivity index (χ3n) is 5.65. The molecule has 3 rings (SSSR count). The number of carbonyl (C=O) groups excluding carboxylic acids is 2. The number of ether oxygens (including phenoxy) is 1. The van der Waals surface area contributed by atoms with Crippen molar-refractivity contribution in [3.8, 4) is 0 Å². The number of piperidine rings is 1. The van der Waals surface area contributed by atoms with E-state index in [1.165, 1.54) is 16.2 Å². The van der Waals surface area contributed by atoms with E-state index in [1.807, 2.05) is 0 Å². The van der Waals surface area contributed by atoms with E-state index in [4.69, 9.17) is 4.74 Å². The minimum Gasteiger partial charge on any atom is -0.469 e. The maximum Gasteiger partial charge on any atom is 0.310 e. The minimum absolute atomic E-state index is 0.0828. The summed E-state index contributed by atoms with van der Waals surface area (Å²) >= 11 is 2.29. The summed E-state index contributed by atoms with van der Waals surface area (Å²) in [6.07, 6.45) is 2.89. The predicted octanol–water partition coefficient (Wildman–Crippen LogP) is 2.49. The van der Waals surface area contributed by atoms with Gasteiger partial charge in [0.2, 0.25) is 5.91 Å². The van der Waals surface area contributed by atoms with Crippen LogP contribution >= 0.6 is 22.6 Å². The number of benzene rings is 1. The number of esters is 1. The predicted molar refractivity (Wildman–Crippen MR) is 104 cm³/mol. The zero-order valence-corrected chi connectivity index (χ0v) is 17.1. The second kappa shape index (κ2) is 7.61. The average molecular weight is 456 g/mol. The van der Waals surface area contributed by atoms with Crippen molar-refractivity contribution in [2.45, 2.75) is 37.3 Å². The highest BCUT2D eigenvalue weighted by atomic mass is 127.